The number of rotatable bonds is 4. The maximum Gasteiger partial charge on any atom is 0.258 e. The van der Waals surface area contributed by atoms with Crippen LogP contribution in [0.15, 0.2) is 71.8 Å². The van der Waals surface area contributed by atoms with Crippen LogP contribution < -0.4 is 16.3 Å². The molecule has 1 saturated heterocycles. The normalized spacial score (nSPS) is 19.7. The SMILES string of the molecule is C/C(=N/NC(=O)C1CC(c2cccc3ccccc23)NN1)c1ccc(Cl)cc1. The summed E-state index contributed by atoms with van der Waals surface area (Å²) in [5, 5.41) is 7.28. The van der Waals surface area contributed by atoms with Gasteiger partial charge in [-0.2, -0.15) is 5.10 Å². The predicted octanol–water partition coefficient (Wildman–Crippen LogP) is 3.94. The van der Waals surface area contributed by atoms with Gasteiger partial charge in [-0.05, 0) is 47.4 Å². The van der Waals surface area contributed by atoms with Crippen LogP contribution in [0.3, 0.4) is 0 Å². The molecule has 2 atom stereocenters. The van der Waals surface area contributed by atoms with Crippen LogP contribution in [-0.4, -0.2) is 17.7 Å². The first kappa shape index (κ1) is 18.6. The van der Waals surface area contributed by atoms with Crippen LogP contribution in [0.5, 0.6) is 0 Å². The van der Waals surface area contributed by atoms with Gasteiger partial charge in [0.25, 0.3) is 5.91 Å². The zero-order valence-corrected chi connectivity index (χ0v) is 16.2. The molecule has 1 amide bonds. The van der Waals surface area contributed by atoms with Crippen LogP contribution in [0.4, 0.5) is 0 Å². The minimum absolute atomic E-state index is 0.0585. The smallest absolute Gasteiger partial charge is 0.258 e. The Labute approximate surface area is 168 Å². The molecule has 5 nitrogen and oxygen atoms in total. The van der Waals surface area contributed by atoms with Gasteiger partial charge in [-0.15, -0.1) is 0 Å². The van der Waals surface area contributed by atoms with Crippen LogP contribution in [0.1, 0.15) is 30.5 Å². The third-order valence-electron chi connectivity index (χ3n) is 5.01. The fraction of sp³-hybridized carbons (Fsp3) is 0.182. The molecule has 3 aromatic rings. The van der Waals surface area contributed by atoms with E-state index in [0.717, 1.165) is 11.3 Å². The highest BCUT2D eigenvalue weighted by Crippen LogP contribution is 2.29. The number of hydrazine groups is 1. The molecule has 0 bridgehead atoms. The maximum absolute atomic E-state index is 12.5. The number of nitrogens with zero attached hydrogens (tertiary/aromatic N) is 1. The molecule has 1 fully saturated rings. The third-order valence-corrected chi connectivity index (χ3v) is 5.27. The van der Waals surface area contributed by atoms with E-state index in [0.29, 0.717) is 11.4 Å². The molecule has 0 saturated carbocycles. The highest BCUT2D eigenvalue weighted by atomic mass is 35.5. The van der Waals surface area contributed by atoms with Gasteiger partial charge in [-0.25, -0.2) is 16.3 Å². The number of hydrazone groups is 1. The van der Waals surface area contributed by atoms with Crippen molar-refractivity contribution in [2.24, 2.45) is 5.10 Å². The molecule has 0 radical (unpaired) electrons. The monoisotopic (exact) mass is 392 g/mol. The van der Waals surface area contributed by atoms with Crippen molar-refractivity contribution in [1.82, 2.24) is 16.3 Å². The Kier molecular flexibility index (Phi) is 5.39. The van der Waals surface area contributed by atoms with E-state index in [2.05, 4.69) is 45.6 Å². The molecule has 1 heterocycles. The second kappa shape index (κ2) is 8.10. The molecule has 3 aromatic carbocycles. The first-order chi connectivity index (χ1) is 13.6. The van der Waals surface area contributed by atoms with E-state index in [1.807, 2.05) is 37.3 Å². The van der Waals surface area contributed by atoms with Gasteiger partial charge in [0.2, 0.25) is 0 Å². The summed E-state index contributed by atoms with van der Waals surface area (Å²) in [5.74, 6) is -0.163. The number of amides is 1. The average molecular weight is 393 g/mol. The van der Waals surface area contributed by atoms with Crippen LogP contribution in [0.25, 0.3) is 10.8 Å². The molecule has 1 aliphatic heterocycles. The van der Waals surface area contributed by atoms with E-state index in [9.17, 15) is 4.79 Å². The van der Waals surface area contributed by atoms with Crippen molar-refractivity contribution in [1.29, 1.82) is 0 Å². The second-order valence-electron chi connectivity index (χ2n) is 6.88. The lowest BCUT2D eigenvalue weighted by Crippen LogP contribution is -2.41. The number of nitrogens with one attached hydrogen (secondary N) is 3. The Morgan fingerprint density at radius 2 is 1.79 bits per heavy atom. The van der Waals surface area contributed by atoms with E-state index in [1.54, 1.807) is 12.1 Å². The molecule has 0 aliphatic carbocycles. The van der Waals surface area contributed by atoms with Crippen molar-refractivity contribution in [2.45, 2.75) is 25.4 Å². The van der Waals surface area contributed by atoms with E-state index in [-0.39, 0.29) is 18.0 Å². The van der Waals surface area contributed by atoms with Gasteiger partial charge >= 0.3 is 0 Å². The van der Waals surface area contributed by atoms with E-state index in [4.69, 9.17) is 11.6 Å². The zero-order chi connectivity index (χ0) is 19.5. The van der Waals surface area contributed by atoms with Gasteiger partial charge in [0.15, 0.2) is 0 Å². The van der Waals surface area contributed by atoms with Gasteiger partial charge < -0.3 is 0 Å². The van der Waals surface area contributed by atoms with Crippen molar-refractivity contribution in [3.05, 3.63) is 82.9 Å². The molecular weight excluding hydrogens is 372 g/mol. The molecule has 4 rings (SSSR count). The van der Waals surface area contributed by atoms with Crippen LogP contribution in [0.2, 0.25) is 5.02 Å². The second-order valence-corrected chi connectivity index (χ2v) is 7.31. The Hall–Kier alpha value is -2.73. The van der Waals surface area contributed by atoms with E-state index >= 15 is 0 Å². The molecule has 1 aliphatic rings. The van der Waals surface area contributed by atoms with Crippen molar-refractivity contribution in [2.75, 3.05) is 0 Å². The molecule has 2 unspecified atom stereocenters. The molecule has 0 aromatic heterocycles. The lowest BCUT2D eigenvalue weighted by atomic mass is 9.96. The number of halogens is 1. The summed E-state index contributed by atoms with van der Waals surface area (Å²) >= 11 is 5.91. The molecule has 142 valence electrons. The van der Waals surface area contributed by atoms with Gasteiger partial charge in [-0.3, -0.25) is 4.79 Å². The van der Waals surface area contributed by atoms with Crippen LogP contribution >= 0.6 is 11.6 Å². The molecule has 3 N–H and O–H groups in total. The minimum Gasteiger partial charge on any atom is -0.271 e. The van der Waals surface area contributed by atoms with Gasteiger partial charge in [-0.1, -0.05) is 66.2 Å². The minimum atomic E-state index is -0.356. The van der Waals surface area contributed by atoms with E-state index < -0.39 is 0 Å². The summed E-state index contributed by atoms with van der Waals surface area (Å²) in [6.07, 6.45) is 0.648. The van der Waals surface area contributed by atoms with Gasteiger partial charge in [0, 0.05) is 11.1 Å². The number of carbonyl (C=O) groups is 1. The molecule has 6 heteroatoms. The fourth-order valence-electron chi connectivity index (χ4n) is 3.46. The Morgan fingerprint density at radius 1 is 1.04 bits per heavy atom. The number of hydrogen-bond donors (Lipinski definition) is 3. The first-order valence-electron chi connectivity index (χ1n) is 9.20. The molecule has 0 spiro atoms. The third kappa shape index (κ3) is 3.92. The summed E-state index contributed by atoms with van der Waals surface area (Å²) < 4.78 is 0. The highest BCUT2D eigenvalue weighted by molar-refractivity contribution is 6.30. The number of carbonyl (C=O) groups excluding carboxylic acids is 1. The lowest BCUT2D eigenvalue weighted by molar-refractivity contribution is -0.122. The van der Waals surface area contributed by atoms with Crippen LogP contribution in [0, 0.1) is 0 Å². The van der Waals surface area contributed by atoms with Crippen LogP contribution in [-0.2, 0) is 4.79 Å². The topological polar surface area (TPSA) is 65.5 Å². The van der Waals surface area contributed by atoms with Crippen molar-refractivity contribution in [3.63, 3.8) is 0 Å². The number of fused-ring (bicyclic) bond motifs is 1. The fourth-order valence-corrected chi connectivity index (χ4v) is 3.58. The molecular formula is C22H21ClN4O. The summed E-state index contributed by atoms with van der Waals surface area (Å²) in [7, 11) is 0. The zero-order valence-electron chi connectivity index (χ0n) is 15.4. The number of benzene rings is 3. The van der Waals surface area contributed by atoms with Gasteiger partial charge in [0.1, 0.15) is 6.04 Å². The lowest BCUT2D eigenvalue weighted by Gasteiger charge is -2.13. The van der Waals surface area contributed by atoms with Crippen molar-refractivity contribution >= 4 is 34.0 Å². The number of hydrogen-bond acceptors (Lipinski definition) is 4. The Bertz CT molecular complexity index is 1030. The standard InChI is InChI=1S/C22H21ClN4O/c1-14(15-9-11-17(23)12-10-15)24-27-22(28)21-13-20(25-26-21)19-8-4-6-16-5-2-3-7-18(16)19/h2-12,20-21,25-26H,13H2,1H3,(H,27,28)/b24-14-. The Balaban J connectivity index is 1.43. The summed E-state index contributed by atoms with van der Waals surface area (Å²) in [5.41, 5.74) is 11.8. The van der Waals surface area contributed by atoms with Crippen molar-refractivity contribution in [3.8, 4) is 0 Å². The first-order valence-corrected chi connectivity index (χ1v) is 9.58. The predicted molar refractivity (Wildman–Crippen MR) is 113 cm³/mol. The highest BCUT2D eigenvalue weighted by Gasteiger charge is 2.30. The van der Waals surface area contributed by atoms with E-state index in [1.165, 1.54) is 16.3 Å². The summed E-state index contributed by atoms with van der Waals surface area (Å²) in [6.45, 7) is 1.85. The summed E-state index contributed by atoms with van der Waals surface area (Å²) in [4.78, 5) is 12.5. The largest absolute Gasteiger partial charge is 0.271 e. The quantitative estimate of drug-likeness (QED) is 0.465. The van der Waals surface area contributed by atoms with Crippen molar-refractivity contribution < 1.29 is 4.79 Å². The summed E-state index contributed by atoms with van der Waals surface area (Å²) in [6, 6.07) is 21.6. The Morgan fingerprint density at radius 3 is 2.61 bits per heavy atom. The van der Waals surface area contributed by atoms with Gasteiger partial charge in [0.05, 0.1) is 5.71 Å². The molecule has 28 heavy (non-hydrogen) atoms. The average Bonchev–Trinajstić information content (AvgIpc) is 3.22. The maximum atomic E-state index is 12.5.